The second kappa shape index (κ2) is 7.32. The summed E-state index contributed by atoms with van der Waals surface area (Å²) in [6.07, 6.45) is 4.59. The highest BCUT2D eigenvalue weighted by atomic mass is 32.2. The van der Waals surface area contributed by atoms with E-state index in [2.05, 4.69) is 22.1 Å². The molecule has 120 valence electrons. The Morgan fingerprint density at radius 1 is 1.39 bits per heavy atom. The van der Waals surface area contributed by atoms with E-state index in [1.807, 2.05) is 29.3 Å². The molecule has 1 aromatic carbocycles. The number of fused-ring (bicyclic) bond motifs is 1. The third-order valence-electron chi connectivity index (χ3n) is 3.27. The summed E-state index contributed by atoms with van der Waals surface area (Å²) < 4.78 is 10.1. The highest BCUT2D eigenvalue weighted by Crippen LogP contribution is 2.33. The Balaban J connectivity index is 1.76. The normalized spacial score (nSPS) is 22.3. The smallest absolute Gasteiger partial charge is 0.435 e. The molecule has 0 spiro atoms. The van der Waals surface area contributed by atoms with Crippen LogP contribution in [0.1, 0.15) is 13.3 Å². The van der Waals surface area contributed by atoms with Crippen LogP contribution in [0.15, 0.2) is 57.6 Å². The maximum atomic E-state index is 11.6. The van der Waals surface area contributed by atoms with Crippen LogP contribution < -0.4 is 0 Å². The fraction of sp³-hybridized carbons (Fsp3) is 0.312. The van der Waals surface area contributed by atoms with Crippen molar-refractivity contribution in [3.05, 3.63) is 42.7 Å². The molecule has 2 unspecified atom stereocenters. The highest BCUT2D eigenvalue weighted by molar-refractivity contribution is 8.00. The van der Waals surface area contributed by atoms with E-state index in [0.717, 1.165) is 4.90 Å². The number of hydrogen-bond acceptors (Lipinski definition) is 7. The molecule has 6 nitrogen and oxygen atoms in total. The van der Waals surface area contributed by atoms with Crippen molar-refractivity contribution in [2.45, 2.75) is 29.8 Å². The van der Waals surface area contributed by atoms with Gasteiger partial charge in [-0.05, 0) is 19.1 Å². The summed E-state index contributed by atoms with van der Waals surface area (Å²) in [6, 6.07) is 10.1. The average Bonchev–Trinajstić information content (AvgIpc) is 2.56. The fourth-order valence-corrected chi connectivity index (χ4v) is 3.47. The van der Waals surface area contributed by atoms with E-state index in [0.29, 0.717) is 12.3 Å². The molecule has 1 aromatic rings. The van der Waals surface area contributed by atoms with Crippen molar-refractivity contribution in [1.29, 1.82) is 0 Å². The van der Waals surface area contributed by atoms with E-state index >= 15 is 0 Å². The maximum absolute atomic E-state index is 11.6. The number of hydrogen-bond donors (Lipinski definition) is 0. The van der Waals surface area contributed by atoms with Crippen LogP contribution in [0.2, 0.25) is 0 Å². The number of aliphatic imine (C=N–C) groups is 2. The summed E-state index contributed by atoms with van der Waals surface area (Å²) >= 11 is 1.69. The zero-order valence-corrected chi connectivity index (χ0v) is 13.5. The van der Waals surface area contributed by atoms with Crippen LogP contribution in [0, 0.1) is 0 Å². The monoisotopic (exact) mass is 331 g/mol. The molecule has 2 atom stereocenters. The molecule has 0 saturated carbocycles. The molecular formula is C16H17N3O3S. The summed E-state index contributed by atoms with van der Waals surface area (Å²) in [7, 11) is 0. The minimum Gasteiger partial charge on any atom is -0.435 e. The Hall–Kier alpha value is -2.28. The van der Waals surface area contributed by atoms with Gasteiger partial charge in [0.05, 0.1) is 18.2 Å². The van der Waals surface area contributed by atoms with Gasteiger partial charge >= 0.3 is 6.16 Å². The minimum absolute atomic E-state index is 0.0623. The first-order valence-corrected chi connectivity index (χ1v) is 8.25. The first-order valence-electron chi connectivity index (χ1n) is 7.37. The minimum atomic E-state index is -0.693. The molecule has 7 heteroatoms. The Bertz CT molecular complexity index is 645. The molecule has 2 heterocycles. The number of rotatable bonds is 4. The van der Waals surface area contributed by atoms with Gasteiger partial charge in [-0.3, -0.25) is 4.99 Å². The number of carbonyl (C=O) groups is 1. The standard InChI is InChI=1S/C16H17N3O3S/c1-2-21-16(20)22-14-10-15(23-12-6-4-3-5-7-12)19-9-8-17-11-13(19)18-14/h3-9,11,14-15H,2,10H2,1H3. The van der Waals surface area contributed by atoms with E-state index in [1.54, 1.807) is 31.1 Å². The lowest BCUT2D eigenvalue weighted by molar-refractivity contribution is 0.0215. The third-order valence-corrected chi connectivity index (χ3v) is 4.50. The van der Waals surface area contributed by atoms with Crippen LogP contribution in [0.5, 0.6) is 0 Å². The van der Waals surface area contributed by atoms with E-state index < -0.39 is 12.4 Å². The molecular weight excluding hydrogens is 314 g/mol. The van der Waals surface area contributed by atoms with Gasteiger partial charge < -0.3 is 14.4 Å². The van der Waals surface area contributed by atoms with Crippen molar-refractivity contribution in [2.24, 2.45) is 9.98 Å². The first kappa shape index (κ1) is 15.6. The average molecular weight is 331 g/mol. The Labute approximate surface area is 138 Å². The number of nitrogens with zero attached hydrogens (tertiary/aromatic N) is 3. The number of benzene rings is 1. The van der Waals surface area contributed by atoms with Crippen LogP contribution in [0.3, 0.4) is 0 Å². The SMILES string of the molecule is CCOC(=O)OC1CC(Sc2ccccc2)N2C=CN=CC2=N1. The molecule has 0 bridgehead atoms. The largest absolute Gasteiger partial charge is 0.510 e. The lowest BCUT2D eigenvalue weighted by Gasteiger charge is -2.36. The van der Waals surface area contributed by atoms with Crippen LogP contribution in [-0.2, 0) is 9.47 Å². The van der Waals surface area contributed by atoms with E-state index in [1.165, 1.54) is 0 Å². The quantitative estimate of drug-likeness (QED) is 0.792. The molecule has 2 aliphatic rings. The van der Waals surface area contributed by atoms with Crippen molar-refractivity contribution in [1.82, 2.24) is 4.90 Å². The lowest BCUT2D eigenvalue weighted by Crippen LogP contribution is -2.43. The molecule has 3 rings (SSSR count). The lowest BCUT2D eigenvalue weighted by atomic mass is 10.2. The highest BCUT2D eigenvalue weighted by Gasteiger charge is 2.32. The zero-order chi connectivity index (χ0) is 16.1. The first-order chi connectivity index (χ1) is 11.3. The number of thioether (sulfide) groups is 1. The summed E-state index contributed by atoms with van der Waals surface area (Å²) in [4.78, 5) is 23.3. The molecule has 0 N–H and O–H groups in total. The van der Waals surface area contributed by atoms with Gasteiger partial charge in [-0.25, -0.2) is 9.79 Å². The molecule has 0 aliphatic carbocycles. The van der Waals surface area contributed by atoms with Crippen molar-refractivity contribution in [3.63, 3.8) is 0 Å². The Morgan fingerprint density at radius 2 is 2.22 bits per heavy atom. The van der Waals surface area contributed by atoms with E-state index in [-0.39, 0.29) is 12.0 Å². The van der Waals surface area contributed by atoms with Gasteiger partial charge in [-0.15, -0.1) is 11.8 Å². The van der Waals surface area contributed by atoms with Gasteiger partial charge in [-0.2, -0.15) is 0 Å². The molecule has 0 fully saturated rings. The fourth-order valence-electron chi connectivity index (χ4n) is 2.29. The van der Waals surface area contributed by atoms with Gasteiger partial charge in [0.25, 0.3) is 0 Å². The summed E-state index contributed by atoms with van der Waals surface area (Å²) in [6.45, 7) is 2.02. The molecule has 0 aromatic heterocycles. The summed E-state index contributed by atoms with van der Waals surface area (Å²) in [5.74, 6) is 0.682. The van der Waals surface area contributed by atoms with E-state index in [4.69, 9.17) is 9.47 Å². The molecule has 0 radical (unpaired) electrons. The van der Waals surface area contributed by atoms with Gasteiger partial charge in [0.1, 0.15) is 0 Å². The van der Waals surface area contributed by atoms with Gasteiger partial charge in [0.2, 0.25) is 6.23 Å². The number of amidine groups is 1. The Kier molecular flexibility index (Phi) is 4.97. The Morgan fingerprint density at radius 3 is 3.00 bits per heavy atom. The van der Waals surface area contributed by atoms with Gasteiger partial charge in [-0.1, -0.05) is 18.2 Å². The molecule has 2 aliphatic heterocycles. The molecule has 0 amide bonds. The second-order valence-electron chi connectivity index (χ2n) is 4.85. The summed E-state index contributed by atoms with van der Waals surface area (Å²) in [5.41, 5.74) is 0. The van der Waals surface area contributed by atoms with Crippen molar-refractivity contribution < 1.29 is 14.3 Å². The zero-order valence-electron chi connectivity index (χ0n) is 12.7. The molecule has 0 saturated heterocycles. The topological polar surface area (TPSA) is 63.5 Å². The van der Waals surface area contributed by atoms with Crippen LogP contribution in [0.25, 0.3) is 0 Å². The number of carbonyl (C=O) groups excluding carboxylic acids is 1. The maximum Gasteiger partial charge on any atom is 0.510 e. The predicted octanol–water partition coefficient (Wildman–Crippen LogP) is 3.26. The van der Waals surface area contributed by atoms with Crippen LogP contribution >= 0.6 is 11.8 Å². The van der Waals surface area contributed by atoms with Crippen molar-refractivity contribution in [3.8, 4) is 0 Å². The number of ether oxygens (including phenoxy) is 2. The summed E-state index contributed by atoms with van der Waals surface area (Å²) in [5, 5.41) is 0.0623. The van der Waals surface area contributed by atoms with Crippen LogP contribution in [-0.4, -0.2) is 41.3 Å². The van der Waals surface area contributed by atoms with Crippen LogP contribution in [0.4, 0.5) is 4.79 Å². The molecule has 23 heavy (non-hydrogen) atoms. The van der Waals surface area contributed by atoms with Gasteiger partial charge in [0.15, 0.2) is 5.84 Å². The van der Waals surface area contributed by atoms with Crippen molar-refractivity contribution >= 4 is 30.0 Å². The van der Waals surface area contributed by atoms with Gasteiger partial charge in [0, 0.05) is 23.7 Å². The van der Waals surface area contributed by atoms with Crippen molar-refractivity contribution in [2.75, 3.05) is 6.61 Å². The third kappa shape index (κ3) is 3.92. The second-order valence-corrected chi connectivity index (χ2v) is 6.10. The van der Waals surface area contributed by atoms with E-state index in [9.17, 15) is 4.79 Å². The predicted molar refractivity (Wildman–Crippen MR) is 89.5 cm³/mol.